The molecular weight excluding hydrogens is 252 g/mol. The van der Waals surface area contributed by atoms with E-state index in [0.717, 1.165) is 49.8 Å². The van der Waals surface area contributed by atoms with Crippen LogP contribution in [0, 0.1) is 11.8 Å². The van der Waals surface area contributed by atoms with Crippen LogP contribution in [0.5, 0.6) is 0 Å². The molecule has 112 valence electrons. The Labute approximate surface area is 121 Å². The van der Waals surface area contributed by atoms with Crippen molar-refractivity contribution in [2.45, 2.75) is 52.1 Å². The standard InChI is InChI=1S/C15H26N4O/c1-5-12-11-7-16-6-10(11)8-19(12)9-13-17-18-14(20-13)15(2,3)4/h10-12,16H,5-9H2,1-4H3. The van der Waals surface area contributed by atoms with Gasteiger partial charge in [0.2, 0.25) is 11.8 Å². The Balaban J connectivity index is 1.70. The highest BCUT2D eigenvalue weighted by molar-refractivity contribution is 5.00. The molecule has 3 heterocycles. The Morgan fingerprint density at radius 1 is 1.30 bits per heavy atom. The summed E-state index contributed by atoms with van der Waals surface area (Å²) in [4.78, 5) is 2.54. The number of nitrogens with one attached hydrogen (secondary N) is 1. The molecule has 3 rings (SSSR count). The summed E-state index contributed by atoms with van der Waals surface area (Å²) in [6, 6.07) is 0.653. The van der Waals surface area contributed by atoms with E-state index in [1.165, 1.54) is 6.42 Å². The highest BCUT2D eigenvalue weighted by atomic mass is 16.4. The Bertz CT molecular complexity index is 465. The van der Waals surface area contributed by atoms with Crippen LogP contribution in [-0.2, 0) is 12.0 Å². The van der Waals surface area contributed by atoms with Gasteiger partial charge in [-0.25, -0.2) is 0 Å². The lowest BCUT2D eigenvalue weighted by molar-refractivity contribution is 0.188. The third-order valence-electron chi connectivity index (χ3n) is 4.69. The van der Waals surface area contributed by atoms with E-state index in [-0.39, 0.29) is 5.41 Å². The Hall–Kier alpha value is -0.940. The molecule has 2 fully saturated rings. The first kappa shape index (κ1) is 14.0. The van der Waals surface area contributed by atoms with Crippen molar-refractivity contribution < 1.29 is 4.42 Å². The summed E-state index contributed by atoms with van der Waals surface area (Å²) in [6.45, 7) is 12.9. The summed E-state index contributed by atoms with van der Waals surface area (Å²) >= 11 is 0. The van der Waals surface area contributed by atoms with Gasteiger partial charge in [-0.05, 0) is 31.3 Å². The van der Waals surface area contributed by atoms with Crippen LogP contribution in [0.3, 0.4) is 0 Å². The average Bonchev–Trinajstić information content (AvgIpc) is 3.02. The van der Waals surface area contributed by atoms with E-state index in [1.807, 2.05) is 0 Å². The molecule has 1 N–H and O–H groups in total. The van der Waals surface area contributed by atoms with Crippen molar-refractivity contribution in [1.29, 1.82) is 0 Å². The third kappa shape index (κ3) is 2.49. The molecule has 3 atom stereocenters. The minimum Gasteiger partial charge on any atom is -0.423 e. The molecule has 2 saturated heterocycles. The van der Waals surface area contributed by atoms with Gasteiger partial charge >= 0.3 is 0 Å². The molecule has 3 unspecified atom stereocenters. The van der Waals surface area contributed by atoms with Crippen molar-refractivity contribution in [3.63, 3.8) is 0 Å². The van der Waals surface area contributed by atoms with E-state index in [4.69, 9.17) is 4.42 Å². The largest absolute Gasteiger partial charge is 0.423 e. The Morgan fingerprint density at radius 3 is 2.75 bits per heavy atom. The smallest absolute Gasteiger partial charge is 0.230 e. The van der Waals surface area contributed by atoms with Crippen molar-refractivity contribution in [1.82, 2.24) is 20.4 Å². The van der Waals surface area contributed by atoms with Crippen molar-refractivity contribution in [2.24, 2.45) is 11.8 Å². The maximum atomic E-state index is 5.85. The van der Waals surface area contributed by atoms with Crippen LogP contribution in [-0.4, -0.2) is 40.8 Å². The molecule has 20 heavy (non-hydrogen) atoms. The predicted molar refractivity (Wildman–Crippen MR) is 77.3 cm³/mol. The molecule has 1 aromatic heterocycles. The monoisotopic (exact) mass is 278 g/mol. The Morgan fingerprint density at radius 2 is 2.10 bits per heavy atom. The fourth-order valence-electron chi connectivity index (χ4n) is 3.65. The molecule has 2 aliphatic rings. The quantitative estimate of drug-likeness (QED) is 0.913. The van der Waals surface area contributed by atoms with E-state index in [1.54, 1.807) is 0 Å². The molecule has 1 aromatic rings. The maximum Gasteiger partial charge on any atom is 0.230 e. The Kier molecular flexibility index (Phi) is 3.58. The van der Waals surface area contributed by atoms with E-state index in [0.29, 0.717) is 6.04 Å². The third-order valence-corrected chi connectivity index (χ3v) is 4.69. The predicted octanol–water partition coefficient (Wildman–Crippen LogP) is 1.80. The van der Waals surface area contributed by atoms with Gasteiger partial charge < -0.3 is 9.73 Å². The van der Waals surface area contributed by atoms with E-state index >= 15 is 0 Å². The normalized spacial score (nSPS) is 30.9. The highest BCUT2D eigenvalue weighted by Crippen LogP contribution is 2.35. The van der Waals surface area contributed by atoms with Gasteiger partial charge in [-0.15, -0.1) is 10.2 Å². The molecule has 0 spiro atoms. The SMILES string of the molecule is CCC1C2CNCC2CN1Cc1nnc(C(C)(C)C)o1. The molecule has 0 amide bonds. The number of hydrogen-bond donors (Lipinski definition) is 1. The van der Waals surface area contributed by atoms with Crippen LogP contribution in [0.4, 0.5) is 0 Å². The molecule has 5 heteroatoms. The van der Waals surface area contributed by atoms with Crippen LogP contribution in [0.25, 0.3) is 0 Å². The van der Waals surface area contributed by atoms with Crippen molar-refractivity contribution in [3.8, 4) is 0 Å². The lowest BCUT2D eigenvalue weighted by Crippen LogP contribution is -2.34. The number of fused-ring (bicyclic) bond motifs is 1. The average molecular weight is 278 g/mol. The fraction of sp³-hybridized carbons (Fsp3) is 0.867. The number of rotatable bonds is 3. The summed E-state index contributed by atoms with van der Waals surface area (Å²) in [6.07, 6.45) is 1.20. The second-order valence-corrected chi connectivity index (χ2v) is 7.24. The molecule has 0 bridgehead atoms. The zero-order chi connectivity index (χ0) is 14.3. The van der Waals surface area contributed by atoms with Crippen LogP contribution < -0.4 is 5.32 Å². The van der Waals surface area contributed by atoms with E-state index < -0.39 is 0 Å². The maximum absolute atomic E-state index is 5.85. The minimum atomic E-state index is -0.0686. The van der Waals surface area contributed by atoms with Gasteiger partial charge in [0.15, 0.2) is 0 Å². The second-order valence-electron chi connectivity index (χ2n) is 7.24. The zero-order valence-corrected chi connectivity index (χ0v) is 13.0. The summed E-state index contributed by atoms with van der Waals surface area (Å²) in [5.74, 6) is 3.10. The summed E-state index contributed by atoms with van der Waals surface area (Å²) in [5, 5.41) is 12.0. The summed E-state index contributed by atoms with van der Waals surface area (Å²) in [7, 11) is 0. The van der Waals surface area contributed by atoms with Crippen LogP contribution in [0.1, 0.15) is 45.9 Å². The first-order valence-corrected chi connectivity index (χ1v) is 7.76. The van der Waals surface area contributed by atoms with Gasteiger partial charge in [-0.2, -0.15) is 0 Å². The van der Waals surface area contributed by atoms with Crippen LogP contribution in [0.2, 0.25) is 0 Å². The topological polar surface area (TPSA) is 54.2 Å². The van der Waals surface area contributed by atoms with Gasteiger partial charge in [-0.1, -0.05) is 27.7 Å². The van der Waals surface area contributed by atoms with E-state index in [9.17, 15) is 0 Å². The fourth-order valence-corrected chi connectivity index (χ4v) is 3.65. The van der Waals surface area contributed by atoms with Gasteiger partial charge in [0.05, 0.1) is 6.54 Å². The van der Waals surface area contributed by atoms with E-state index in [2.05, 4.69) is 48.1 Å². The lowest BCUT2D eigenvalue weighted by Gasteiger charge is -2.25. The zero-order valence-electron chi connectivity index (χ0n) is 13.0. The molecule has 0 aliphatic carbocycles. The van der Waals surface area contributed by atoms with Crippen LogP contribution in [0.15, 0.2) is 4.42 Å². The molecule has 2 aliphatic heterocycles. The first-order chi connectivity index (χ1) is 9.49. The molecule has 0 aromatic carbocycles. The molecule has 0 radical (unpaired) electrons. The number of nitrogens with zero attached hydrogens (tertiary/aromatic N) is 3. The number of aromatic nitrogens is 2. The summed E-state index contributed by atoms with van der Waals surface area (Å²) < 4.78 is 5.85. The molecule has 0 saturated carbocycles. The van der Waals surface area contributed by atoms with Crippen molar-refractivity contribution in [3.05, 3.63) is 11.8 Å². The minimum absolute atomic E-state index is 0.0686. The van der Waals surface area contributed by atoms with Crippen molar-refractivity contribution >= 4 is 0 Å². The van der Waals surface area contributed by atoms with Crippen LogP contribution >= 0.6 is 0 Å². The van der Waals surface area contributed by atoms with Gasteiger partial charge in [0, 0.05) is 18.0 Å². The molecular formula is C15H26N4O. The van der Waals surface area contributed by atoms with Gasteiger partial charge in [0.1, 0.15) is 0 Å². The van der Waals surface area contributed by atoms with Gasteiger partial charge in [-0.3, -0.25) is 4.90 Å². The summed E-state index contributed by atoms with van der Waals surface area (Å²) in [5.41, 5.74) is -0.0686. The number of likely N-dealkylation sites (tertiary alicyclic amines) is 1. The number of hydrogen-bond acceptors (Lipinski definition) is 5. The first-order valence-electron chi connectivity index (χ1n) is 7.76. The second kappa shape index (κ2) is 5.11. The van der Waals surface area contributed by atoms with Crippen molar-refractivity contribution in [2.75, 3.05) is 19.6 Å². The molecule has 5 nitrogen and oxygen atoms in total. The van der Waals surface area contributed by atoms with Gasteiger partial charge in [0.25, 0.3) is 0 Å². The lowest BCUT2D eigenvalue weighted by atomic mass is 9.93. The highest BCUT2D eigenvalue weighted by Gasteiger charge is 2.43.